The van der Waals surface area contributed by atoms with Crippen LogP contribution in [0.3, 0.4) is 0 Å². The highest BCUT2D eigenvalue weighted by atomic mass is 79.9. The molecule has 1 unspecified atom stereocenters. The zero-order valence-electron chi connectivity index (χ0n) is 12.4. The van der Waals surface area contributed by atoms with Gasteiger partial charge in [0.05, 0.1) is 12.6 Å². The Labute approximate surface area is 134 Å². The van der Waals surface area contributed by atoms with Crippen LogP contribution in [0, 0.1) is 13.8 Å². The first-order valence-electron chi connectivity index (χ1n) is 7.34. The fourth-order valence-corrected chi connectivity index (χ4v) is 3.23. The predicted octanol–water partition coefficient (Wildman–Crippen LogP) is 4.44. The Bertz CT molecular complexity index is 658. The number of rotatable bonds is 2. The van der Waals surface area contributed by atoms with Crippen LogP contribution in [0.25, 0.3) is 0 Å². The summed E-state index contributed by atoms with van der Waals surface area (Å²) >= 11 is 3.61. The fraction of sp³-hybridized carbons (Fsp3) is 0.333. The fourth-order valence-electron chi connectivity index (χ4n) is 3.00. The summed E-state index contributed by atoms with van der Waals surface area (Å²) in [5.41, 5.74) is 12.5. The summed E-state index contributed by atoms with van der Waals surface area (Å²) in [6.45, 7) is 4.99. The van der Waals surface area contributed by atoms with E-state index in [1.807, 2.05) is 0 Å². The quantitative estimate of drug-likeness (QED) is 0.873. The van der Waals surface area contributed by atoms with Gasteiger partial charge in [-0.2, -0.15) is 0 Å². The highest BCUT2D eigenvalue weighted by Gasteiger charge is 2.20. The molecule has 2 N–H and O–H groups in total. The van der Waals surface area contributed by atoms with Gasteiger partial charge in [0.1, 0.15) is 5.75 Å². The van der Waals surface area contributed by atoms with Crippen molar-refractivity contribution in [3.63, 3.8) is 0 Å². The lowest BCUT2D eigenvalue weighted by Gasteiger charge is -2.24. The van der Waals surface area contributed by atoms with E-state index in [-0.39, 0.29) is 6.04 Å². The Balaban J connectivity index is 2.05. The molecule has 2 nitrogen and oxygen atoms in total. The number of benzene rings is 2. The van der Waals surface area contributed by atoms with Crippen molar-refractivity contribution < 1.29 is 4.74 Å². The minimum atomic E-state index is -0.149. The van der Waals surface area contributed by atoms with Gasteiger partial charge in [-0.25, -0.2) is 0 Å². The maximum Gasteiger partial charge on any atom is 0.127 e. The maximum absolute atomic E-state index is 6.53. The van der Waals surface area contributed by atoms with Crippen LogP contribution in [-0.2, 0) is 6.42 Å². The zero-order valence-corrected chi connectivity index (χ0v) is 14.0. The van der Waals surface area contributed by atoms with Crippen molar-refractivity contribution in [2.75, 3.05) is 6.61 Å². The lowest BCUT2D eigenvalue weighted by atomic mass is 9.92. The van der Waals surface area contributed by atoms with Crippen LogP contribution in [0.1, 0.15) is 40.3 Å². The molecule has 110 valence electrons. The molecule has 1 aliphatic heterocycles. The molecule has 0 amide bonds. The van der Waals surface area contributed by atoms with E-state index in [0.29, 0.717) is 0 Å². The van der Waals surface area contributed by atoms with Gasteiger partial charge in [-0.05, 0) is 48.9 Å². The summed E-state index contributed by atoms with van der Waals surface area (Å²) in [4.78, 5) is 0. The normalized spacial score (nSPS) is 15.2. The highest BCUT2D eigenvalue weighted by molar-refractivity contribution is 9.10. The van der Waals surface area contributed by atoms with E-state index in [2.05, 4.69) is 60.1 Å². The summed E-state index contributed by atoms with van der Waals surface area (Å²) < 4.78 is 7.05. The first-order valence-corrected chi connectivity index (χ1v) is 8.14. The van der Waals surface area contributed by atoms with Crippen LogP contribution < -0.4 is 10.5 Å². The molecule has 3 heteroatoms. The van der Waals surface area contributed by atoms with Crippen molar-refractivity contribution >= 4 is 15.9 Å². The second-order valence-corrected chi connectivity index (χ2v) is 6.53. The molecule has 3 rings (SSSR count). The third-order valence-electron chi connectivity index (χ3n) is 4.12. The lowest BCUT2D eigenvalue weighted by molar-refractivity contribution is 0.284. The van der Waals surface area contributed by atoms with Crippen LogP contribution in [-0.4, -0.2) is 6.61 Å². The molecular weight excluding hydrogens is 326 g/mol. The Morgan fingerprint density at radius 2 is 1.90 bits per heavy atom. The zero-order chi connectivity index (χ0) is 15.0. The van der Waals surface area contributed by atoms with E-state index < -0.39 is 0 Å². The topological polar surface area (TPSA) is 35.2 Å². The van der Waals surface area contributed by atoms with Crippen molar-refractivity contribution in [1.29, 1.82) is 0 Å². The molecule has 2 aromatic rings. The molecule has 1 heterocycles. The number of aryl methyl sites for hydroxylation is 3. The molecule has 21 heavy (non-hydrogen) atoms. The molecule has 0 saturated carbocycles. The van der Waals surface area contributed by atoms with Gasteiger partial charge in [0, 0.05) is 10.0 Å². The molecule has 0 bridgehead atoms. The highest BCUT2D eigenvalue weighted by Crippen LogP contribution is 2.35. The Morgan fingerprint density at radius 3 is 2.62 bits per heavy atom. The van der Waals surface area contributed by atoms with Gasteiger partial charge in [-0.1, -0.05) is 46.3 Å². The molecule has 0 aliphatic carbocycles. The monoisotopic (exact) mass is 345 g/mol. The van der Waals surface area contributed by atoms with Crippen LogP contribution in [0.4, 0.5) is 0 Å². The largest absolute Gasteiger partial charge is 0.493 e. The molecule has 1 atom stereocenters. The van der Waals surface area contributed by atoms with Crippen LogP contribution in [0.5, 0.6) is 5.75 Å². The minimum absolute atomic E-state index is 0.149. The average molecular weight is 346 g/mol. The summed E-state index contributed by atoms with van der Waals surface area (Å²) in [6.07, 6.45) is 2.16. The first kappa shape index (κ1) is 14.6. The summed E-state index contributed by atoms with van der Waals surface area (Å²) in [6, 6.07) is 10.5. The summed E-state index contributed by atoms with van der Waals surface area (Å²) in [7, 11) is 0. The van der Waals surface area contributed by atoms with E-state index in [9.17, 15) is 0 Å². The second-order valence-electron chi connectivity index (χ2n) is 5.73. The number of hydrogen-bond acceptors (Lipinski definition) is 2. The summed E-state index contributed by atoms with van der Waals surface area (Å²) in [5.74, 6) is 0.995. The third-order valence-corrected chi connectivity index (χ3v) is 5.37. The smallest absolute Gasteiger partial charge is 0.127 e. The van der Waals surface area contributed by atoms with E-state index in [4.69, 9.17) is 10.5 Å². The van der Waals surface area contributed by atoms with Crippen molar-refractivity contribution in [2.24, 2.45) is 5.73 Å². The predicted molar refractivity (Wildman–Crippen MR) is 89.9 cm³/mol. The number of ether oxygens (including phenoxy) is 1. The molecule has 1 aliphatic rings. The van der Waals surface area contributed by atoms with Crippen molar-refractivity contribution in [3.8, 4) is 5.75 Å². The van der Waals surface area contributed by atoms with Crippen LogP contribution in [0.15, 0.2) is 34.8 Å². The summed E-state index contributed by atoms with van der Waals surface area (Å²) in [5, 5.41) is 0. The van der Waals surface area contributed by atoms with Gasteiger partial charge in [0.15, 0.2) is 0 Å². The van der Waals surface area contributed by atoms with Crippen LogP contribution >= 0.6 is 15.9 Å². The van der Waals surface area contributed by atoms with Gasteiger partial charge < -0.3 is 10.5 Å². The van der Waals surface area contributed by atoms with Crippen molar-refractivity contribution in [2.45, 2.75) is 32.7 Å². The Hall–Kier alpha value is -1.32. The molecule has 0 saturated heterocycles. The number of nitrogens with two attached hydrogens (primary N) is 1. The SMILES string of the molecule is Cc1cc(C(N)c2cccc3c2OCCC3)cc(C)c1Br. The van der Waals surface area contributed by atoms with Crippen molar-refractivity contribution in [1.82, 2.24) is 0 Å². The van der Waals surface area contributed by atoms with E-state index in [1.165, 1.54) is 16.7 Å². The van der Waals surface area contributed by atoms with Gasteiger partial charge in [0.2, 0.25) is 0 Å². The van der Waals surface area contributed by atoms with E-state index in [0.717, 1.165) is 40.8 Å². The van der Waals surface area contributed by atoms with E-state index >= 15 is 0 Å². The second kappa shape index (κ2) is 5.82. The van der Waals surface area contributed by atoms with E-state index in [1.54, 1.807) is 0 Å². The number of hydrogen-bond donors (Lipinski definition) is 1. The molecule has 0 aromatic heterocycles. The lowest BCUT2D eigenvalue weighted by Crippen LogP contribution is -2.17. The number of para-hydroxylation sites is 1. The standard InChI is InChI=1S/C18H20BrNO/c1-11-9-14(10-12(2)16(11)19)17(20)15-7-3-5-13-6-4-8-21-18(13)15/h3,5,7,9-10,17H,4,6,8,20H2,1-2H3. The molecule has 0 radical (unpaired) electrons. The number of fused-ring (bicyclic) bond motifs is 1. The Morgan fingerprint density at radius 1 is 1.19 bits per heavy atom. The van der Waals surface area contributed by atoms with Crippen molar-refractivity contribution in [3.05, 3.63) is 62.6 Å². The molecule has 0 fully saturated rings. The first-order chi connectivity index (χ1) is 10.1. The van der Waals surface area contributed by atoms with Crippen LogP contribution in [0.2, 0.25) is 0 Å². The third kappa shape index (κ3) is 2.72. The maximum atomic E-state index is 6.53. The van der Waals surface area contributed by atoms with Gasteiger partial charge in [-0.3, -0.25) is 0 Å². The molecular formula is C18H20BrNO. The molecule has 2 aromatic carbocycles. The van der Waals surface area contributed by atoms with Gasteiger partial charge in [-0.15, -0.1) is 0 Å². The van der Waals surface area contributed by atoms with Gasteiger partial charge in [0.25, 0.3) is 0 Å². The molecule has 0 spiro atoms. The Kier molecular flexibility index (Phi) is 4.05. The minimum Gasteiger partial charge on any atom is -0.493 e. The van der Waals surface area contributed by atoms with Gasteiger partial charge >= 0.3 is 0 Å². The average Bonchev–Trinajstić information content (AvgIpc) is 2.51. The number of halogens is 1.